The van der Waals surface area contributed by atoms with E-state index >= 15 is 0 Å². The first-order valence-corrected chi connectivity index (χ1v) is 8.14. The molecule has 2 aliphatic heterocycles. The summed E-state index contributed by atoms with van der Waals surface area (Å²) < 4.78 is 12.0. The van der Waals surface area contributed by atoms with Crippen LogP contribution in [0.3, 0.4) is 0 Å². The first kappa shape index (κ1) is 14.1. The third-order valence-corrected chi connectivity index (χ3v) is 4.81. The molecule has 6 nitrogen and oxygen atoms in total. The number of fused-ring (bicyclic) bond motifs is 1. The highest BCUT2D eigenvalue weighted by Gasteiger charge is 2.47. The number of rotatable bonds is 4. The van der Waals surface area contributed by atoms with Crippen LogP contribution in [-0.2, 0) is 9.47 Å². The molecule has 0 N–H and O–H groups in total. The summed E-state index contributed by atoms with van der Waals surface area (Å²) in [6, 6.07) is 1.84. The van der Waals surface area contributed by atoms with Crippen LogP contribution < -0.4 is 0 Å². The highest BCUT2D eigenvalue weighted by Crippen LogP contribution is 2.34. The molecular weight excluding hydrogens is 282 g/mol. The van der Waals surface area contributed by atoms with E-state index in [0.717, 1.165) is 32.0 Å². The molecule has 1 aromatic rings. The fraction of sp³-hybridized carbons (Fsp3) is 0.688. The van der Waals surface area contributed by atoms with Crippen molar-refractivity contribution >= 4 is 5.91 Å². The summed E-state index contributed by atoms with van der Waals surface area (Å²) in [5.74, 6) is 0.726. The van der Waals surface area contributed by atoms with Crippen molar-refractivity contribution in [1.82, 2.24) is 15.1 Å². The van der Waals surface area contributed by atoms with Crippen LogP contribution >= 0.6 is 0 Å². The Hall–Kier alpha value is -1.53. The molecule has 1 aliphatic carbocycles. The number of hydrogen-bond donors (Lipinski definition) is 0. The van der Waals surface area contributed by atoms with Gasteiger partial charge >= 0.3 is 0 Å². The fourth-order valence-corrected chi connectivity index (χ4v) is 3.42. The number of aromatic nitrogens is 2. The molecule has 4 rings (SSSR count). The Bertz CT molecular complexity index is 535. The summed E-state index contributed by atoms with van der Waals surface area (Å²) in [5, 5.41) is 7.54. The average Bonchev–Trinajstić information content (AvgIpc) is 3.34. The number of likely N-dealkylation sites (tertiary alicyclic amines) is 1. The lowest BCUT2D eigenvalue weighted by Gasteiger charge is -2.32. The zero-order valence-electron chi connectivity index (χ0n) is 12.6. The minimum atomic E-state index is 0.00430. The number of ether oxygens (including phenoxy) is 2. The van der Waals surface area contributed by atoms with E-state index in [1.54, 1.807) is 12.3 Å². The first-order chi connectivity index (χ1) is 10.8. The van der Waals surface area contributed by atoms with Crippen LogP contribution in [0.5, 0.6) is 0 Å². The van der Waals surface area contributed by atoms with Crippen LogP contribution in [0.4, 0.5) is 0 Å². The zero-order valence-corrected chi connectivity index (χ0v) is 12.6. The molecule has 22 heavy (non-hydrogen) atoms. The molecule has 0 spiro atoms. The third-order valence-electron chi connectivity index (χ3n) is 4.81. The van der Waals surface area contributed by atoms with Gasteiger partial charge in [-0.05, 0) is 37.7 Å². The zero-order chi connectivity index (χ0) is 14.9. The minimum Gasteiger partial charge on any atom is -0.373 e. The molecule has 2 saturated heterocycles. The van der Waals surface area contributed by atoms with Crippen molar-refractivity contribution in [1.29, 1.82) is 0 Å². The molecule has 0 aromatic carbocycles. The van der Waals surface area contributed by atoms with Gasteiger partial charge < -0.3 is 14.4 Å². The Balaban J connectivity index is 1.49. The number of hydrogen-bond acceptors (Lipinski definition) is 5. The van der Waals surface area contributed by atoms with Gasteiger partial charge in [0.15, 0.2) is 0 Å². The molecule has 6 heteroatoms. The molecule has 3 aliphatic rings. The number of nitrogens with zero attached hydrogens (tertiary/aromatic N) is 3. The molecule has 0 unspecified atom stereocenters. The summed E-state index contributed by atoms with van der Waals surface area (Å²) in [4.78, 5) is 14.7. The summed E-state index contributed by atoms with van der Waals surface area (Å²) in [5.41, 5.74) is 0.585. The van der Waals surface area contributed by atoms with Crippen LogP contribution in [0.2, 0.25) is 0 Å². The minimum absolute atomic E-state index is 0.00430. The summed E-state index contributed by atoms with van der Waals surface area (Å²) in [6.07, 6.45) is 7.63. The Morgan fingerprint density at radius 1 is 1.36 bits per heavy atom. The molecule has 118 valence electrons. The van der Waals surface area contributed by atoms with Crippen molar-refractivity contribution in [3.63, 3.8) is 0 Å². The van der Waals surface area contributed by atoms with E-state index in [2.05, 4.69) is 10.2 Å². The second-order valence-electron chi connectivity index (χ2n) is 6.45. The van der Waals surface area contributed by atoms with Crippen LogP contribution in [0.15, 0.2) is 18.5 Å². The molecule has 3 heterocycles. The standard InChI is InChI=1S/C16H21N3O3/c20-16(12-5-6-17-18-8-12)19-9-14(22-10-11-3-4-11)15-13(19)2-1-7-21-15/h5-6,8,11,13-15H,1-4,7,9-10H2/t13-,14+,15+/m0/s1. The fourth-order valence-electron chi connectivity index (χ4n) is 3.42. The number of carbonyl (C=O) groups is 1. The molecule has 1 saturated carbocycles. The van der Waals surface area contributed by atoms with Crippen molar-refractivity contribution < 1.29 is 14.3 Å². The van der Waals surface area contributed by atoms with Gasteiger partial charge in [0.25, 0.3) is 5.91 Å². The third kappa shape index (κ3) is 2.73. The quantitative estimate of drug-likeness (QED) is 0.838. The van der Waals surface area contributed by atoms with Gasteiger partial charge in [0.1, 0.15) is 12.2 Å². The maximum atomic E-state index is 12.7. The molecule has 1 aromatic heterocycles. The van der Waals surface area contributed by atoms with Crippen LogP contribution in [0.25, 0.3) is 0 Å². The van der Waals surface area contributed by atoms with Crippen molar-refractivity contribution in [3.8, 4) is 0 Å². The second kappa shape index (κ2) is 5.93. The molecule has 0 bridgehead atoms. The van der Waals surface area contributed by atoms with E-state index < -0.39 is 0 Å². The molecule has 3 fully saturated rings. The van der Waals surface area contributed by atoms with Gasteiger partial charge in [-0.15, -0.1) is 0 Å². The van der Waals surface area contributed by atoms with Crippen molar-refractivity contribution in [3.05, 3.63) is 24.0 Å². The van der Waals surface area contributed by atoms with Crippen molar-refractivity contribution in [2.45, 2.75) is 43.9 Å². The lowest BCUT2D eigenvalue weighted by molar-refractivity contribution is -0.0781. The van der Waals surface area contributed by atoms with Crippen molar-refractivity contribution in [2.24, 2.45) is 5.92 Å². The smallest absolute Gasteiger partial charge is 0.255 e. The van der Waals surface area contributed by atoms with E-state index in [1.165, 1.54) is 19.0 Å². The van der Waals surface area contributed by atoms with E-state index in [0.29, 0.717) is 12.1 Å². The summed E-state index contributed by atoms with van der Waals surface area (Å²) in [6.45, 7) is 2.18. The Labute approximate surface area is 129 Å². The van der Waals surface area contributed by atoms with Gasteiger partial charge in [0.05, 0.1) is 30.5 Å². The van der Waals surface area contributed by atoms with Crippen LogP contribution in [0.1, 0.15) is 36.0 Å². The molecule has 0 radical (unpaired) electrons. The van der Waals surface area contributed by atoms with E-state index in [4.69, 9.17) is 9.47 Å². The largest absolute Gasteiger partial charge is 0.373 e. The normalized spacial score (nSPS) is 31.1. The molecular formula is C16H21N3O3. The van der Waals surface area contributed by atoms with Gasteiger partial charge in [-0.2, -0.15) is 10.2 Å². The van der Waals surface area contributed by atoms with Crippen LogP contribution in [-0.4, -0.2) is 59.0 Å². The Kier molecular flexibility index (Phi) is 3.80. The maximum absolute atomic E-state index is 12.7. The van der Waals surface area contributed by atoms with E-state index in [1.807, 2.05) is 4.90 Å². The highest BCUT2D eigenvalue weighted by molar-refractivity contribution is 5.94. The topological polar surface area (TPSA) is 64.6 Å². The predicted molar refractivity (Wildman–Crippen MR) is 78.3 cm³/mol. The van der Waals surface area contributed by atoms with Gasteiger partial charge in [-0.1, -0.05) is 0 Å². The predicted octanol–water partition coefficient (Wildman–Crippen LogP) is 1.28. The van der Waals surface area contributed by atoms with Gasteiger partial charge in [0.2, 0.25) is 0 Å². The number of amides is 1. The van der Waals surface area contributed by atoms with E-state index in [9.17, 15) is 4.79 Å². The van der Waals surface area contributed by atoms with E-state index in [-0.39, 0.29) is 24.2 Å². The van der Waals surface area contributed by atoms with Crippen molar-refractivity contribution in [2.75, 3.05) is 19.8 Å². The highest BCUT2D eigenvalue weighted by atomic mass is 16.5. The Morgan fingerprint density at radius 2 is 2.27 bits per heavy atom. The molecule has 3 atom stereocenters. The number of carbonyl (C=O) groups excluding carboxylic acids is 1. The summed E-state index contributed by atoms with van der Waals surface area (Å²) in [7, 11) is 0. The van der Waals surface area contributed by atoms with Gasteiger partial charge in [0, 0.05) is 13.2 Å². The van der Waals surface area contributed by atoms with Gasteiger partial charge in [-0.3, -0.25) is 4.79 Å². The maximum Gasteiger partial charge on any atom is 0.255 e. The molecule has 1 amide bonds. The lowest BCUT2D eigenvalue weighted by Crippen LogP contribution is -2.44. The lowest BCUT2D eigenvalue weighted by atomic mass is 10.0. The SMILES string of the molecule is O=C(c1ccnnc1)N1C[C@@H](OCC2CC2)[C@@H]2OCCC[C@@H]21. The Morgan fingerprint density at radius 3 is 3.05 bits per heavy atom. The van der Waals surface area contributed by atoms with Crippen LogP contribution in [0, 0.1) is 5.92 Å². The first-order valence-electron chi connectivity index (χ1n) is 8.14. The average molecular weight is 303 g/mol. The summed E-state index contributed by atoms with van der Waals surface area (Å²) >= 11 is 0. The van der Waals surface area contributed by atoms with Gasteiger partial charge in [-0.25, -0.2) is 0 Å². The monoisotopic (exact) mass is 303 g/mol. The second-order valence-corrected chi connectivity index (χ2v) is 6.45.